The fourth-order valence-corrected chi connectivity index (χ4v) is 3.11. The molecule has 3 heterocycles. The van der Waals surface area contributed by atoms with E-state index < -0.39 is 0 Å². The van der Waals surface area contributed by atoms with E-state index in [0.717, 1.165) is 26.2 Å². The van der Waals surface area contributed by atoms with E-state index in [1.165, 1.54) is 17.1 Å². The molecule has 1 aliphatic heterocycles. The quantitative estimate of drug-likeness (QED) is 0.850. The molecule has 3 rings (SSSR count). The van der Waals surface area contributed by atoms with E-state index in [-0.39, 0.29) is 0 Å². The van der Waals surface area contributed by atoms with E-state index in [4.69, 9.17) is 4.98 Å². The highest BCUT2D eigenvalue weighted by Crippen LogP contribution is 2.27. The summed E-state index contributed by atoms with van der Waals surface area (Å²) in [5, 5.41) is 0. The van der Waals surface area contributed by atoms with Gasteiger partial charge in [0, 0.05) is 50.8 Å². The molecule has 0 unspecified atom stereocenters. The predicted molar refractivity (Wildman–Crippen MR) is 91.9 cm³/mol. The van der Waals surface area contributed by atoms with Crippen LogP contribution in [0.3, 0.4) is 0 Å². The van der Waals surface area contributed by atoms with Crippen LogP contribution >= 0.6 is 0 Å². The zero-order valence-corrected chi connectivity index (χ0v) is 14.6. The second-order valence-corrected chi connectivity index (χ2v) is 6.78. The molecule has 5 nitrogen and oxygen atoms in total. The van der Waals surface area contributed by atoms with Gasteiger partial charge in [-0.3, -0.25) is 14.8 Å². The number of hydrogen-bond donors (Lipinski definition) is 0. The molecule has 124 valence electrons. The average molecular weight is 313 g/mol. The molecule has 0 bridgehead atoms. The molecule has 0 aliphatic carbocycles. The Bertz CT molecular complexity index is 634. The van der Waals surface area contributed by atoms with Crippen LogP contribution in [0.25, 0.3) is 0 Å². The van der Waals surface area contributed by atoms with Gasteiger partial charge in [0.1, 0.15) is 5.82 Å². The van der Waals surface area contributed by atoms with Gasteiger partial charge in [-0.1, -0.05) is 6.07 Å². The van der Waals surface area contributed by atoms with Gasteiger partial charge in [-0.25, -0.2) is 4.98 Å². The summed E-state index contributed by atoms with van der Waals surface area (Å²) in [4.78, 5) is 13.8. The Kier molecular flexibility index (Phi) is 4.78. The molecule has 1 atom stereocenters. The van der Waals surface area contributed by atoms with E-state index in [9.17, 15) is 0 Å². The predicted octanol–water partition coefficient (Wildman–Crippen LogP) is 2.70. The Hall–Kier alpha value is -1.72. The van der Waals surface area contributed by atoms with Gasteiger partial charge in [0.2, 0.25) is 0 Å². The third-order valence-electron chi connectivity index (χ3n) is 4.90. The van der Waals surface area contributed by atoms with Gasteiger partial charge in [-0.2, -0.15) is 0 Å². The summed E-state index contributed by atoms with van der Waals surface area (Å²) in [6.45, 7) is 10.7. The number of fused-ring (bicyclic) bond motifs is 1. The van der Waals surface area contributed by atoms with Crippen LogP contribution in [-0.2, 0) is 19.6 Å². The lowest BCUT2D eigenvalue weighted by molar-refractivity contribution is 0.152. The molecule has 0 spiro atoms. The SMILES string of the molecule is CC(C)N(C)Cc1cnc2n1CCN(Cc1cccnc1)[C@H]2C. The fourth-order valence-electron chi connectivity index (χ4n) is 3.11. The first kappa shape index (κ1) is 16.1. The minimum atomic E-state index is 0.335. The van der Waals surface area contributed by atoms with Gasteiger partial charge in [-0.15, -0.1) is 0 Å². The zero-order valence-electron chi connectivity index (χ0n) is 14.6. The van der Waals surface area contributed by atoms with Crippen LogP contribution in [0.5, 0.6) is 0 Å². The van der Waals surface area contributed by atoms with Gasteiger partial charge >= 0.3 is 0 Å². The number of rotatable bonds is 5. The highest BCUT2D eigenvalue weighted by molar-refractivity contribution is 5.13. The molecular weight excluding hydrogens is 286 g/mol. The molecule has 0 fully saturated rings. The lowest BCUT2D eigenvalue weighted by atomic mass is 10.1. The van der Waals surface area contributed by atoms with Crippen LogP contribution in [0.15, 0.2) is 30.7 Å². The van der Waals surface area contributed by atoms with E-state index in [1.54, 1.807) is 0 Å². The third-order valence-corrected chi connectivity index (χ3v) is 4.90. The maximum Gasteiger partial charge on any atom is 0.126 e. The smallest absolute Gasteiger partial charge is 0.126 e. The summed E-state index contributed by atoms with van der Waals surface area (Å²) >= 11 is 0. The normalized spacial score (nSPS) is 18.6. The molecule has 0 N–H and O–H groups in total. The first-order valence-electron chi connectivity index (χ1n) is 8.43. The molecule has 2 aromatic rings. The van der Waals surface area contributed by atoms with Crippen molar-refractivity contribution >= 4 is 0 Å². The van der Waals surface area contributed by atoms with Gasteiger partial charge in [0.15, 0.2) is 0 Å². The Morgan fingerprint density at radius 3 is 2.83 bits per heavy atom. The topological polar surface area (TPSA) is 37.2 Å². The van der Waals surface area contributed by atoms with E-state index >= 15 is 0 Å². The number of imidazole rings is 1. The van der Waals surface area contributed by atoms with Crippen molar-refractivity contribution in [1.82, 2.24) is 24.3 Å². The summed E-state index contributed by atoms with van der Waals surface area (Å²) in [6, 6.07) is 5.03. The van der Waals surface area contributed by atoms with Crippen molar-refractivity contribution in [2.24, 2.45) is 0 Å². The van der Waals surface area contributed by atoms with Gasteiger partial charge in [0.25, 0.3) is 0 Å². The minimum absolute atomic E-state index is 0.335. The Labute approximate surface area is 139 Å². The van der Waals surface area contributed by atoms with Crippen molar-refractivity contribution in [1.29, 1.82) is 0 Å². The lowest BCUT2D eigenvalue weighted by Gasteiger charge is -2.34. The van der Waals surface area contributed by atoms with Crippen molar-refractivity contribution in [2.45, 2.75) is 52.5 Å². The van der Waals surface area contributed by atoms with Crippen molar-refractivity contribution in [3.8, 4) is 0 Å². The van der Waals surface area contributed by atoms with Crippen LogP contribution < -0.4 is 0 Å². The second-order valence-electron chi connectivity index (χ2n) is 6.78. The maximum absolute atomic E-state index is 4.72. The molecule has 0 saturated carbocycles. The van der Waals surface area contributed by atoms with Crippen molar-refractivity contribution in [3.05, 3.63) is 47.8 Å². The van der Waals surface area contributed by atoms with E-state index in [2.05, 4.69) is 59.4 Å². The maximum atomic E-state index is 4.72. The number of hydrogen-bond acceptors (Lipinski definition) is 4. The number of aromatic nitrogens is 3. The van der Waals surface area contributed by atoms with Gasteiger partial charge in [0.05, 0.1) is 11.7 Å². The van der Waals surface area contributed by atoms with Crippen LogP contribution in [0, 0.1) is 0 Å². The largest absolute Gasteiger partial charge is 0.328 e. The minimum Gasteiger partial charge on any atom is -0.328 e. The third kappa shape index (κ3) is 3.46. The van der Waals surface area contributed by atoms with E-state index in [0.29, 0.717) is 12.1 Å². The van der Waals surface area contributed by atoms with Crippen LogP contribution in [0.2, 0.25) is 0 Å². The average Bonchev–Trinajstić information content (AvgIpc) is 2.95. The zero-order chi connectivity index (χ0) is 16.4. The van der Waals surface area contributed by atoms with Crippen molar-refractivity contribution in [3.63, 3.8) is 0 Å². The monoisotopic (exact) mass is 313 g/mol. The molecule has 23 heavy (non-hydrogen) atoms. The number of nitrogens with zero attached hydrogens (tertiary/aromatic N) is 5. The van der Waals surface area contributed by atoms with Crippen LogP contribution in [0.4, 0.5) is 0 Å². The Morgan fingerprint density at radius 2 is 2.13 bits per heavy atom. The molecule has 0 radical (unpaired) electrons. The summed E-state index contributed by atoms with van der Waals surface area (Å²) < 4.78 is 2.41. The van der Waals surface area contributed by atoms with Crippen LogP contribution in [0.1, 0.15) is 43.9 Å². The highest BCUT2D eigenvalue weighted by atomic mass is 15.3. The number of pyridine rings is 1. The standard InChI is InChI=1S/C18H27N5/c1-14(2)21(4)13-17-11-20-18-15(3)22(8-9-23(17)18)12-16-6-5-7-19-10-16/h5-7,10-11,14-15H,8-9,12-13H2,1-4H3/t15-/m0/s1. The molecule has 2 aromatic heterocycles. The van der Waals surface area contributed by atoms with E-state index in [1.807, 2.05) is 18.5 Å². The summed E-state index contributed by atoms with van der Waals surface area (Å²) in [5.74, 6) is 1.19. The Balaban J connectivity index is 1.73. The molecule has 0 aromatic carbocycles. The summed E-state index contributed by atoms with van der Waals surface area (Å²) in [6.07, 6.45) is 5.84. The Morgan fingerprint density at radius 1 is 1.30 bits per heavy atom. The molecule has 1 aliphatic rings. The molecule has 5 heteroatoms. The summed E-state index contributed by atoms with van der Waals surface area (Å²) in [5.41, 5.74) is 2.59. The van der Waals surface area contributed by atoms with Gasteiger partial charge < -0.3 is 4.57 Å². The molecular formula is C18H27N5. The van der Waals surface area contributed by atoms with Crippen molar-refractivity contribution in [2.75, 3.05) is 13.6 Å². The highest BCUT2D eigenvalue weighted by Gasteiger charge is 2.27. The molecule has 0 amide bonds. The first-order valence-corrected chi connectivity index (χ1v) is 8.43. The van der Waals surface area contributed by atoms with Crippen molar-refractivity contribution < 1.29 is 0 Å². The van der Waals surface area contributed by atoms with Gasteiger partial charge in [-0.05, 0) is 39.4 Å². The molecule has 0 saturated heterocycles. The second kappa shape index (κ2) is 6.81. The first-order chi connectivity index (χ1) is 11.1. The van der Waals surface area contributed by atoms with Crippen LogP contribution in [-0.4, -0.2) is 44.0 Å². The lowest BCUT2D eigenvalue weighted by Crippen LogP contribution is -2.37. The fraction of sp³-hybridized carbons (Fsp3) is 0.556. The summed E-state index contributed by atoms with van der Waals surface area (Å²) in [7, 11) is 2.17.